The smallest absolute Gasteiger partial charge is 0.263 e. The van der Waals surface area contributed by atoms with Crippen LogP contribution in [0.3, 0.4) is 0 Å². The topological polar surface area (TPSA) is 51.0 Å². The number of aromatic nitrogens is 2. The third-order valence-corrected chi connectivity index (χ3v) is 2.73. The molecule has 1 aromatic heterocycles. The van der Waals surface area contributed by atoms with Crippen molar-refractivity contribution in [1.82, 2.24) is 10.1 Å². The molecule has 1 atom stereocenters. The fourth-order valence-electron chi connectivity index (χ4n) is 1.16. The molecule has 1 unspecified atom stereocenters. The molecule has 1 aliphatic rings. The summed E-state index contributed by atoms with van der Waals surface area (Å²) >= 11 is 0. The van der Waals surface area contributed by atoms with E-state index in [0.717, 1.165) is 5.89 Å². The Kier molecular flexibility index (Phi) is 2.44. The van der Waals surface area contributed by atoms with Crippen molar-refractivity contribution in [1.29, 1.82) is 0 Å². The summed E-state index contributed by atoms with van der Waals surface area (Å²) in [4.78, 5) is 4.31. The molecule has 1 fully saturated rings. The molecule has 0 radical (unpaired) electrons. The predicted molar refractivity (Wildman–Crippen MR) is 54.2 cm³/mol. The fourth-order valence-corrected chi connectivity index (χ4v) is 1.16. The lowest BCUT2D eigenvalue weighted by Gasteiger charge is -2.15. The van der Waals surface area contributed by atoms with Gasteiger partial charge < -0.3 is 9.84 Å². The molecule has 1 aromatic rings. The Morgan fingerprint density at radius 1 is 1.36 bits per heavy atom. The van der Waals surface area contributed by atoms with E-state index in [2.05, 4.69) is 36.2 Å². The Hall–Kier alpha value is -1.06. The van der Waals surface area contributed by atoms with Gasteiger partial charge in [0.2, 0.25) is 5.89 Å². The van der Waals surface area contributed by atoms with E-state index in [0.29, 0.717) is 23.8 Å². The summed E-state index contributed by atoms with van der Waals surface area (Å²) in [6, 6.07) is 0.375. The summed E-state index contributed by atoms with van der Waals surface area (Å²) in [6.07, 6.45) is 2.39. The zero-order chi connectivity index (χ0) is 10.1. The van der Waals surface area contributed by atoms with Crippen molar-refractivity contribution < 1.29 is 4.52 Å². The monoisotopic (exact) mass is 195 g/mol. The van der Waals surface area contributed by atoms with Gasteiger partial charge in [-0.1, -0.05) is 13.8 Å². The Bertz CT molecular complexity index is 304. The van der Waals surface area contributed by atoms with Crippen LogP contribution in [-0.2, 0) is 0 Å². The minimum Gasteiger partial charge on any atom is -0.349 e. The first kappa shape index (κ1) is 9.49. The maximum absolute atomic E-state index is 5.15. The maximum Gasteiger partial charge on any atom is 0.263 e. The molecule has 1 aliphatic carbocycles. The molecule has 1 N–H and O–H groups in total. The van der Waals surface area contributed by atoms with Crippen molar-refractivity contribution >= 4 is 5.95 Å². The van der Waals surface area contributed by atoms with Crippen molar-refractivity contribution in [3.8, 4) is 0 Å². The Morgan fingerprint density at radius 2 is 2.07 bits per heavy atom. The van der Waals surface area contributed by atoms with Crippen molar-refractivity contribution in [3.63, 3.8) is 0 Å². The standard InChI is InChI=1S/C10H17N3O/c1-6(2)7(3)11-10-12-9(14-13-10)8-4-5-8/h6-8H,4-5H2,1-3H3,(H,11,13). The number of anilines is 1. The third kappa shape index (κ3) is 2.05. The number of hydrogen-bond donors (Lipinski definition) is 1. The Labute approximate surface area is 84.1 Å². The van der Waals surface area contributed by atoms with Crippen LogP contribution in [0.5, 0.6) is 0 Å². The third-order valence-electron chi connectivity index (χ3n) is 2.73. The van der Waals surface area contributed by atoms with Crippen LogP contribution in [-0.4, -0.2) is 16.2 Å². The highest BCUT2D eigenvalue weighted by Gasteiger charge is 2.29. The first-order valence-corrected chi connectivity index (χ1v) is 5.27. The molecule has 4 heteroatoms. The van der Waals surface area contributed by atoms with Crippen LogP contribution in [0.15, 0.2) is 4.52 Å². The molecule has 1 saturated carbocycles. The van der Waals surface area contributed by atoms with Gasteiger partial charge in [0.25, 0.3) is 5.95 Å². The van der Waals surface area contributed by atoms with Gasteiger partial charge in [0.05, 0.1) is 0 Å². The average Bonchev–Trinajstić information content (AvgIpc) is 2.88. The van der Waals surface area contributed by atoms with E-state index < -0.39 is 0 Å². The average molecular weight is 195 g/mol. The summed E-state index contributed by atoms with van der Waals surface area (Å²) in [6.45, 7) is 6.46. The summed E-state index contributed by atoms with van der Waals surface area (Å²) in [5.74, 6) is 2.53. The zero-order valence-corrected chi connectivity index (χ0v) is 8.95. The molecule has 14 heavy (non-hydrogen) atoms. The van der Waals surface area contributed by atoms with E-state index in [1.807, 2.05) is 0 Å². The first-order valence-electron chi connectivity index (χ1n) is 5.27. The molecule has 0 saturated heterocycles. The van der Waals surface area contributed by atoms with Crippen LogP contribution in [0, 0.1) is 5.92 Å². The summed E-state index contributed by atoms with van der Waals surface area (Å²) < 4.78 is 5.15. The van der Waals surface area contributed by atoms with Crippen LogP contribution in [0.2, 0.25) is 0 Å². The SMILES string of the molecule is CC(C)C(C)Nc1noc(C2CC2)n1. The summed E-state index contributed by atoms with van der Waals surface area (Å²) in [7, 11) is 0. The lowest BCUT2D eigenvalue weighted by Crippen LogP contribution is -2.22. The molecule has 78 valence electrons. The van der Waals surface area contributed by atoms with Gasteiger partial charge in [-0.25, -0.2) is 0 Å². The molecular formula is C10H17N3O. The lowest BCUT2D eigenvalue weighted by atomic mass is 10.1. The van der Waals surface area contributed by atoms with E-state index in [1.54, 1.807) is 0 Å². The largest absolute Gasteiger partial charge is 0.349 e. The second-order valence-corrected chi connectivity index (χ2v) is 4.41. The molecule has 0 aromatic carbocycles. The van der Waals surface area contributed by atoms with E-state index >= 15 is 0 Å². The highest BCUT2D eigenvalue weighted by atomic mass is 16.5. The van der Waals surface area contributed by atoms with Gasteiger partial charge in [0, 0.05) is 12.0 Å². The van der Waals surface area contributed by atoms with Crippen LogP contribution in [0.1, 0.15) is 45.4 Å². The quantitative estimate of drug-likeness (QED) is 0.801. The molecule has 0 bridgehead atoms. The Morgan fingerprint density at radius 3 is 2.64 bits per heavy atom. The predicted octanol–water partition coefficient (Wildman–Crippen LogP) is 2.40. The molecule has 4 nitrogen and oxygen atoms in total. The lowest BCUT2D eigenvalue weighted by molar-refractivity contribution is 0.379. The van der Waals surface area contributed by atoms with Gasteiger partial charge in [0.1, 0.15) is 0 Å². The van der Waals surface area contributed by atoms with Crippen LogP contribution in [0.4, 0.5) is 5.95 Å². The van der Waals surface area contributed by atoms with Gasteiger partial charge >= 0.3 is 0 Å². The Balaban J connectivity index is 1.95. The van der Waals surface area contributed by atoms with E-state index in [4.69, 9.17) is 4.52 Å². The van der Waals surface area contributed by atoms with Gasteiger partial charge in [-0.2, -0.15) is 4.98 Å². The van der Waals surface area contributed by atoms with Crippen LogP contribution >= 0.6 is 0 Å². The highest BCUT2D eigenvalue weighted by molar-refractivity contribution is 5.24. The summed E-state index contributed by atoms with van der Waals surface area (Å²) in [5.41, 5.74) is 0. The minimum atomic E-state index is 0.375. The van der Waals surface area contributed by atoms with Gasteiger partial charge in [-0.3, -0.25) is 0 Å². The molecule has 1 heterocycles. The normalized spacial score (nSPS) is 18.6. The molecule has 0 amide bonds. The summed E-state index contributed by atoms with van der Waals surface area (Å²) in [5, 5.41) is 7.13. The molecule has 0 spiro atoms. The second kappa shape index (κ2) is 3.59. The fraction of sp³-hybridized carbons (Fsp3) is 0.800. The van der Waals surface area contributed by atoms with Crippen LogP contribution in [0.25, 0.3) is 0 Å². The molecule has 2 rings (SSSR count). The molecule has 0 aliphatic heterocycles. The van der Waals surface area contributed by atoms with E-state index in [9.17, 15) is 0 Å². The van der Waals surface area contributed by atoms with Crippen LogP contribution < -0.4 is 5.32 Å². The van der Waals surface area contributed by atoms with Crippen molar-refractivity contribution in [2.75, 3.05) is 5.32 Å². The first-order chi connectivity index (χ1) is 6.66. The zero-order valence-electron chi connectivity index (χ0n) is 8.95. The van der Waals surface area contributed by atoms with E-state index in [-0.39, 0.29) is 0 Å². The number of nitrogens with one attached hydrogen (secondary N) is 1. The number of rotatable bonds is 4. The van der Waals surface area contributed by atoms with Crippen molar-refractivity contribution in [2.45, 2.75) is 45.6 Å². The maximum atomic E-state index is 5.15. The van der Waals surface area contributed by atoms with E-state index in [1.165, 1.54) is 12.8 Å². The van der Waals surface area contributed by atoms with Gasteiger partial charge in [0.15, 0.2) is 0 Å². The van der Waals surface area contributed by atoms with Crippen molar-refractivity contribution in [3.05, 3.63) is 5.89 Å². The second-order valence-electron chi connectivity index (χ2n) is 4.41. The van der Waals surface area contributed by atoms with Crippen molar-refractivity contribution in [2.24, 2.45) is 5.92 Å². The molecular weight excluding hydrogens is 178 g/mol. The number of hydrogen-bond acceptors (Lipinski definition) is 4. The van der Waals surface area contributed by atoms with Gasteiger partial charge in [-0.15, -0.1) is 0 Å². The number of nitrogens with zero attached hydrogens (tertiary/aromatic N) is 2. The highest BCUT2D eigenvalue weighted by Crippen LogP contribution is 2.39. The minimum absolute atomic E-state index is 0.375. The van der Waals surface area contributed by atoms with Gasteiger partial charge in [-0.05, 0) is 30.8 Å².